The second-order valence-electron chi connectivity index (χ2n) is 3.64. The molecule has 1 aromatic heterocycles. The van der Waals surface area contributed by atoms with Gasteiger partial charge < -0.3 is 10.4 Å². The number of amides is 1. The predicted octanol–water partition coefficient (Wildman–Crippen LogP) is 2.37. The quantitative estimate of drug-likeness (QED) is 0.816. The molecule has 0 saturated heterocycles. The summed E-state index contributed by atoms with van der Waals surface area (Å²) in [5.41, 5.74) is 0.110. The summed E-state index contributed by atoms with van der Waals surface area (Å²) >= 11 is 11.5. The van der Waals surface area contributed by atoms with Crippen molar-refractivity contribution in [1.82, 2.24) is 10.3 Å². The summed E-state index contributed by atoms with van der Waals surface area (Å²) in [6.07, 6.45) is 2.23. The third-order valence-electron chi connectivity index (χ3n) is 2.25. The minimum Gasteiger partial charge on any atom is -0.480 e. The average Bonchev–Trinajstić information content (AvgIpc) is 2.31. The van der Waals surface area contributed by atoms with Gasteiger partial charge in [-0.3, -0.25) is 4.79 Å². The largest absolute Gasteiger partial charge is 0.480 e. The van der Waals surface area contributed by atoms with Crippen molar-refractivity contribution in [1.29, 1.82) is 0 Å². The highest BCUT2D eigenvalue weighted by molar-refractivity contribution is 6.35. The number of carbonyl (C=O) groups is 2. The van der Waals surface area contributed by atoms with E-state index in [2.05, 4.69) is 10.3 Å². The topological polar surface area (TPSA) is 79.3 Å². The smallest absolute Gasteiger partial charge is 0.326 e. The molecule has 98 valence electrons. The highest BCUT2D eigenvalue weighted by Gasteiger charge is 2.21. The number of aliphatic carboxylic acids is 1. The first-order valence-electron chi connectivity index (χ1n) is 5.30. The zero-order valence-corrected chi connectivity index (χ0v) is 11.1. The van der Waals surface area contributed by atoms with Crippen molar-refractivity contribution in [2.75, 3.05) is 0 Å². The van der Waals surface area contributed by atoms with Crippen LogP contribution in [0.3, 0.4) is 0 Å². The van der Waals surface area contributed by atoms with Gasteiger partial charge in [-0.15, -0.1) is 0 Å². The monoisotopic (exact) mass is 290 g/mol. The number of carboxylic acid groups (broad SMARTS) is 1. The van der Waals surface area contributed by atoms with E-state index in [0.717, 1.165) is 0 Å². The van der Waals surface area contributed by atoms with E-state index in [-0.39, 0.29) is 15.7 Å². The number of nitrogens with one attached hydrogen (secondary N) is 1. The van der Waals surface area contributed by atoms with Gasteiger partial charge in [-0.25, -0.2) is 9.78 Å². The minimum absolute atomic E-state index is 0.110. The fourth-order valence-electron chi connectivity index (χ4n) is 1.37. The number of halogens is 2. The van der Waals surface area contributed by atoms with Gasteiger partial charge in [0.05, 0.1) is 10.6 Å². The van der Waals surface area contributed by atoms with Crippen LogP contribution in [0.15, 0.2) is 12.3 Å². The zero-order valence-electron chi connectivity index (χ0n) is 9.61. The fourth-order valence-corrected chi connectivity index (χ4v) is 1.72. The van der Waals surface area contributed by atoms with E-state index in [1.807, 2.05) is 6.92 Å². The lowest BCUT2D eigenvalue weighted by Gasteiger charge is -2.14. The maximum atomic E-state index is 11.9. The molecule has 1 amide bonds. The Labute approximate surface area is 114 Å². The Balaban J connectivity index is 2.86. The van der Waals surface area contributed by atoms with Gasteiger partial charge in [0.25, 0.3) is 5.91 Å². The summed E-state index contributed by atoms with van der Waals surface area (Å²) in [4.78, 5) is 26.5. The lowest BCUT2D eigenvalue weighted by atomic mass is 10.1. The van der Waals surface area contributed by atoms with Crippen LogP contribution in [0.25, 0.3) is 0 Å². The summed E-state index contributed by atoms with van der Waals surface area (Å²) in [5.74, 6) is -1.66. The van der Waals surface area contributed by atoms with E-state index in [9.17, 15) is 9.59 Å². The van der Waals surface area contributed by atoms with E-state index in [4.69, 9.17) is 28.3 Å². The Bertz CT molecular complexity index is 466. The highest BCUT2D eigenvalue weighted by atomic mass is 35.5. The molecule has 5 nitrogen and oxygen atoms in total. The van der Waals surface area contributed by atoms with Gasteiger partial charge in [0.15, 0.2) is 0 Å². The van der Waals surface area contributed by atoms with Gasteiger partial charge in [-0.05, 0) is 12.5 Å². The fraction of sp³-hybridized carbons (Fsp3) is 0.364. The van der Waals surface area contributed by atoms with Crippen LogP contribution in [0.5, 0.6) is 0 Å². The van der Waals surface area contributed by atoms with Crippen molar-refractivity contribution in [3.63, 3.8) is 0 Å². The van der Waals surface area contributed by atoms with E-state index in [1.165, 1.54) is 12.3 Å². The van der Waals surface area contributed by atoms with Crippen LogP contribution >= 0.6 is 23.2 Å². The molecule has 1 rings (SSSR count). The molecule has 1 unspecified atom stereocenters. The van der Waals surface area contributed by atoms with Crippen molar-refractivity contribution >= 4 is 35.1 Å². The average molecular weight is 291 g/mol. The molecule has 7 heteroatoms. The predicted molar refractivity (Wildman–Crippen MR) is 68.1 cm³/mol. The van der Waals surface area contributed by atoms with Crippen molar-refractivity contribution in [2.24, 2.45) is 0 Å². The van der Waals surface area contributed by atoms with Crippen molar-refractivity contribution in [3.05, 3.63) is 28.0 Å². The number of pyridine rings is 1. The molecule has 18 heavy (non-hydrogen) atoms. The molecule has 1 atom stereocenters. The summed E-state index contributed by atoms with van der Waals surface area (Å²) in [6, 6.07) is 0.356. The lowest BCUT2D eigenvalue weighted by molar-refractivity contribution is -0.139. The number of rotatable bonds is 5. The van der Waals surface area contributed by atoms with Crippen LogP contribution in [0, 0.1) is 0 Å². The molecule has 0 bridgehead atoms. The first kappa shape index (κ1) is 14.7. The van der Waals surface area contributed by atoms with E-state index < -0.39 is 17.9 Å². The van der Waals surface area contributed by atoms with E-state index in [0.29, 0.717) is 12.8 Å². The normalized spacial score (nSPS) is 11.9. The van der Waals surface area contributed by atoms with Gasteiger partial charge in [-0.2, -0.15) is 0 Å². The highest BCUT2D eigenvalue weighted by Crippen LogP contribution is 2.18. The minimum atomic E-state index is -1.08. The number of hydrogen-bond donors (Lipinski definition) is 2. The van der Waals surface area contributed by atoms with Crippen molar-refractivity contribution < 1.29 is 14.7 Å². The van der Waals surface area contributed by atoms with Gasteiger partial charge in [0, 0.05) is 6.20 Å². The lowest BCUT2D eigenvalue weighted by Crippen LogP contribution is -2.40. The van der Waals surface area contributed by atoms with E-state index >= 15 is 0 Å². The second-order valence-corrected chi connectivity index (χ2v) is 4.43. The molecular formula is C11H12Cl2N2O3. The molecule has 0 spiro atoms. The van der Waals surface area contributed by atoms with Crippen LogP contribution in [0.4, 0.5) is 0 Å². The van der Waals surface area contributed by atoms with Gasteiger partial charge in [-0.1, -0.05) is 36.5 Å². The van der Waals surface area contributed by atoms with Crippen LogP contribution in [0.2, 0.25) is 10.2 Å². The molecule has 1 aromatic rings. The standard InChI is InChI=1S/C11H12Cl2N2O3/c1-2-3-8(11(17)18)15-10(16)6-4-9(13)14-5-7(6)12/h4-5,8H,2-3H2,1H3,(H,15,16)(H,17,18). The Morgan fingerprint density at radius 3 is 2.72 bits per heavy atom. The number of carbonyl (C=O) groups excluding carboxylic acids is 1. The number of aromatic nitrogens is 1. The van der Waals surface area contributed by atoms with Gasteiger partial charge >= 0.3 is 5.97 Å². The second kappa shape index (κ2) is 6.56. The SMILES string of the molecule is CCCC(NC(=O)c1cc(Cl)ncc1Cl)C(=O)O. The van der Waals surface area contributed by atoms with Crippen molar-refractivity contribution in [2.45, 2.75) is 25.8 Å². The summed E-state index contributed by atoms with van der Waals surface area (Å²) in [7, 11) is 0. The Morgan fingerprint density at radius 2 is 2.17 bits per heavy atom. The molecule has 0 aromatic carbocycles. The summed E-state index contributed by atoms with van der Waals surface area (Å²) in [6.45, 7) is 1.83. The molecule has 0 aliphatic carbocycles. The van der Waals surface area contributed by atoms with Crippen LogP contribution < -0.4 is 5.32 Å². The summed E-state index contributed by atoms with van der Waals surface area (Å²) < 4.78 is 0. The molecule has 0 aliphatic rings. The Morgan fingerprint density at radius 1 is 1.50 bits per heavy atom. The Hall–Kier alpha value is -1.33. The van der Waals surface area contributed by atoms with Gasteiger partial charge in [0.2, 0.25) is 0 Å². The first-order chi connectivity index (χ1) is 8.45. The molecule has 0 saturated carbocycles. The van der Waals surface area contributed by atoms with Crippen molar-refractivity contribution in [3.8, 4) is 0 Å². The molecule has 0 aliphatic heterocycles. The number of carboxylic acids is 1. The first-order valence-corrected chi connectivity index (χ1v) is 6.06. The van der Waals surface area contributed by atoms with E-state index in [1.54, 1.807) is 0 Å². The molecule has 0 radical (unpaired) electrons. The zero-order chi connectivity index (χ0) is 13.7. The maximum Gasteiger partial charge on any atom is 0.326 e. The third kappa shape index (κ3) is 3.85. The molecular weight excluding hydrogens is 279 g/mol. The van der Waals surface area contributed by atoms with Crippen LogP contribution in [-0.2, 0) is 4.79 Å². The molecule has 1 heterocycles. The van der Waals surface area contributed by atoms with Gasteiger partial charge in [0.1, 0.15) is 11.2 Å². The Kier molecular flexibility index (Phi) is 5.37. The number of nitrogens with zero attached hydrogens (tertiary/aromatic N) is 1. The van der Waals surface area contributed by atoms with Crippen LogP contribution in [-0.4, -0.2) is 28.0 Å². The molecule has 2 N–H and O–H groups in total. The number of hydrogen-bond acceptors (Lipinski definition) is 3. The maximum absolute atomic E-state index is 11.9. The van der Waals surface area contributed by atoms with Crippen LogP contribution in [0.1, 0.15) is 30.1 Å². The third-order valence-corrected chi connectivity index (χ3v) is 2.76. The molecule has 0 fully saturated rings. The summed E-state index contributed by atoms with van der Waals surface area (Å²) in [5, 5.41) is 11.6.